The third-order valence-electron chi connectivity index (χ3n) is 6.22. The van der Waals surface area contributed by atoms with Crippen molar-refractivity contribution in [2.45, 2.75) is 12.1 Å². The highest BCUT2D eigenvalue weighted by molar-refractivity contribution is 7.16. The maximum Gasteiger partial charge on any atom is 0.342 e. The van der Waals surface area contributed by atoms with Gasteiger partial charge < -0.3 is 20.5 Å². The molecular formula is C21H16FN3O4S. The number of rotatable bonds is 2. The third kappa shape index (κ3) is 2.11. The van der Waals surface area contributed by atoms with Crippen molar-refractivity contribution < 1.29 is 19.0 Å². The number of carboxylic acids is 1. The molecule has 2 aromatic heterocycles. The van der Waals surface area contributed by atoms with Gasteiger partial charge in [-0.3, -0.25) is 9.20 Å². The van der Waals surface area contributed by atoms with Crippen molar-refractivity contribution in [1.29, 1.82) is 0 Å². The van der Waals surface area contributed by atoms with Crippen LogP contribution < -0.4 is 20.8 Å². The normalized spacial score (nSPS) is 24.1. The van der Waals surface area contributed by atoms with E-state index in [1.54, 1.807) is 9.78 Å². The van der Waals surface area contributed by atoms with Crippen LogP contribution in [-0.2, 0) is 6.61 Å². The first-order valence-corrected chi connectivity index (χ1v) is 10.3. The zero-order chi connectivity index (χ0) is 20.8. The Morgan fingerprint density at radius 1 is 1.40 bits per heavy atom. The van der Waals surface area contributed by atoms with Crippen LogP contribution >= 0.6 is 11.3 Å². The van der Waals surface area contributed by atoms with Crippen molar-refractivity contribution in [2.24, 2.45) is 11.7 Å². The zero-order valence-corrected chi connectivity index (χ0v) is 16.4. The number of hydrogen-bond acceptors (Lipinski definition) is 6. The van der Waals surface area contributed by atoms with Crippen molar-refractivity contribution in [1.82, 2.24) is 4.40 Å². The average molecular weight is 425 g/mol. The molecule has 1 aromatic carbocycles. The summed E-state index contributed by atoms with van der Waals surface area (Å²) in [5.74, 6) is -1.66. The molecular weight excluding hydrogens is 409 g/mol. The molecule has 0 spiro atoms. The molecule has 6 rings (SSSR count). The van der Waals surface area contributed by atoms with Gasteiger partial charge in [0.15, 0.2) is 11.6 Å². The van der Waals surface area contributed by atoms with Crippen LogP contribution in [0.25, 0.3) is 15.7 Å². The first-order chi connectivity index (χ1) is 14.4. The highest BCUT2D eigenvalue weighted by Gasteiger charge is 2.43. The molecule has 2 atom stereocenters. The lowest BCUT2D eigenvalue weighted by Crippen LogP contribution is -2.46. The maximum atomic E-state index is 15.4. The van der Waals surface area contributed by atoms with E-state index in [1.807, 2.05) is 29.2 Å². The molecule has 3 N–H and O–H groups in total. The Morgan fingerprint density at radius 3 is 3.00 bits per heavy atom. The number of halogens is 1. The van der Waals surface area contributed by atoms with Crippen molar-refractivity contribution in [2.75, 3.05) is 18.0 Å². The minimum absolute atomic E-state index is 0.000586. The molecule has 7 nitrogen and oxygen atoms in total. The smallest absolute Gasteiger partial charge is 0.342 e. The Labute approximate surface area is 173 Å². The monoisotopic (exact) mass is 425 g/mol. The second-order valence-corrected chi connectivity index (χ2v) is 8.80. The number of thiazole rings is 1. The summed E-state index contributed by atoms with van der Waals surface area (Å²) in [5.41, 5.74) is 6.28. The molecule has 1 fully saturated rings. The molecule has 1 saturated heterocycles. The number of anilines is 1. The molecule has 152 valence electrons. The van der Waals surface area contributed by atoms with E-state index in [4.69, 9.17) is 10.5 Å². The minimum atomic E-state index is -1.33. The van der Waals surface area contributed by atoms with E-state index in [1.165, 1.54) is 11.3 Å². The minimum Gasteiger partial charge on any atom is -0.483 e. The molecule has 4 heterocycles. The van der Waals surface area contributed by atoms with E-state index in [0.717, 1.165) is 11.8 Å². The lowest BCUT2D eigenvalue weighted by atomic mass is 9.85. The Hall–Kier alpha value is -3.17. The number of nitrogens with two attached hydrogens (primary N) is 1. The molecule has 3 aliphatic rings. The van der Waals surface area contributed by atoms with Crippen molar-refractivity contribution in [3.05, 3.63) is 63.0 Å². The van der Waals surface area contributed by atoms with Crippen LogP contribution in [0.2, 0.25) is 0 Å². The summed E-state index contributed by atoms with van der Waals surface area (Å²) in [5, 5.41) is 11.4. The van der Waals surface area contributed by atoms with Gasteiger partial charge in [0.1, 0.15) is 28.2 Å². The summed E-state index contributed by atoms with van der Waals surface area (Å²) in [7, 11) is 0. The van der Waals surface area contributed by atoms with Crippen molar-refractivity contribution in [3.8, 4) is 5.75 Å². The average Bonchev–Trinajstić information content (AvgIpc) is 3.27. The number of aromatic carboxylic acids is 1. The fourth-order valence-electron chi connectivity index (χ4n) is 4.81. The first kappa shape index (κ1) is 17.7. The summed E-state index contributed by atoms with van der Waals surface area (Å²) in [4.78, 5) is 26.9. The quantitative estimate of drug-likeness (QED) is 0.655. The molecule has 30 heavy (non-hydrogen) atoms. The van der Waals surface area contributed by atoms with Crippen molar-refractivity contribution in [3.63, 3.8) is 0 Å². The largest absolute Gasteiger partial charge is 0.483 e. The second kappa shape index (κ2) is 5.71. The van der Waals surface area contributed by atoms with E-state index < -0.39 is 22.8 Å². The van der Waals surface area contributed by atoms with Gasteiger partial charge in [0, 0.05) is 24.4 Å². The van der Waals surface area contributed by atoms with Gasteiger partial charge in [-0.25, -0.2) is 9.18 Å². The number of fused-ring (bicyclic) bond motifs is 1. The van der Waals surface area contributed by atoms with Gasteiger partial charge in [0.05, 0.1) is 16.6 Å². The van der Waals surface area contributed by atoms with Gasteiger partial charge >= 0.3 is 5.97 Å². The number of nitrogens with zero attached hydrogens (tertiary/aromatic N) is 2. The molecule has 9 heteroatoms. The molecule has 0 bridgehead atoms. The number of pyridine rings is 1. The van der Waals surface area contributed by atoms with E-state index in [-0.39, 0.29) is 34.9 Å². The fourth-order valence-corrected chi connectivity index (χ4v) is 5.85. The summed E-state index contributed by atoms with van der Waals surface area (Å²) < 4.78 is 23.1. The lowest BCUT2D eigenvalue weighted by Gasteiger charge is -2.28. The maximum absolute atomic E-state index is 15.4. The van der Waals surface area contributed by atoms with Gasteiger partial charge in [0.25, 0.3) is 0 Å². The van der Waals surface area contributed by atoms with Crippen LogP contribution in [0.15, 0.2) is 40.5 Å². The van der Waals surface area contributed by atoms with Crippen molar-refractivity contribution >= 4 is 38.7 Å². The summed E-state index contributed by atoms with van der Waals surface area (Å²) >= 11 is 1.17. The first-order valence-electron chi connectivity index (χ1n) is 9.46. The molecule has 2 unspecified atom stereocenters. The molecule has 0 saturated carbocycles. The number of ether oxygens (including phenoxy) is 1. The molecule has 1 aliphatic carbocycles. The van der Waals surface area contributed by atoms with Crippen LogP contribution in [0.1, 0.15) is 16.1 Å². The van der Waals surface area contributed by atoms with Gasteiger partial charge in [0.2, 0.25) is 5.43 Å². The van der Waals surface area contributed by atoms with E-state index in [0.29, 0.717) is 23.4 Å². The van der Waals surface area contributed by atoms with Gasteiger partial charge in [-0.05, 0) is 6.07 Å². The SMILES string of the molecule is NC12C=CC=CC1CN(c1c(F)cc3c(=O)c(C(=O)O)c4scc5n4c3c1OC5)C2. The highest BCUT2D eigenvalue weighted by Crippen LogP contribution is 2.45. The number of carboxylic acid groups (broad SMARTS) is 1. The standard InChI is InChI=1S/C21H16FN3O4S/c22-13-5-12-15-18(16(13)24-6-10-3-1-2-4-21(10,23)9-24)29-7-11-8-30-19(25(11)15)14(17(12)26)20(27)28/h1-5,8,10H,6-7,9,23H2,(H,27,28). The Morgan fingerprint density at radius 2 is 2.23 bits per heavy atom. The zero-order valence-electron chi connectivity index (χ0n) is 15.6. The van der Waals surface area contributed by atoms with Crippen LogP contribution in [0.5, 0.6) is 5.75 Å². The van der Waals surface area contributed by atoms with Crippen LogP contribution in [0.4, 0.5) is 10.1 Å². The molecule has 0 radical (unpaired) electrons. The molecule has 3 aromatic rings. The third-order valence-corrected chi connectivity index (χ3v) is 7.22. The highest BCUT2D eigenvalue weighted by atomic mass is 32.1. The van der Waals surface area contributed by atoms with Gasteiger partial charge in [-0.15, -0.1) is 11.3 Å². The molecule has 2 aliphatic heterocycles. The Balaban J connectivity index is 1.66. The summed E-state index contributed by atoms with van der Waals surface area (Å²) in [6.45, 7) is 1.07. The van der Waals surface area contributed by atoms with Gasteiger partial charge in [-0.2, -0.15) is 0 Å². The number of hydrogen-bond donors (Lipinski definition) is 2. The Kier molecular flexibility index (Phi) is 3.36. The number of allylic oxidation sites excluding steroid dienone is 2. The summed E-state index contributed by atoms with van der Waals surface area (Å²) in [6, 6.07) is 1.13. The Bertz CT molecular complexity index is 1410. The summed E-state index contributed by atoms with van der Waals surface area (Å²) in [6.07, 6.45) is 7.78. The van der Waals surface area contributed by atoms with Gasteiger partial charge in [-0.1, -0.05) is 24.3 Å². The van der Waals surface area contributed by atoms with E-state index >= 15 is 4.39 Å². The number of aromatic nitrogens is 1. The second-order valence-electron chi connectivity index (χ2n) is 7.94. The predicted molar refractivity (Wildman–Crippen MR) is 111 cm³/mol. The van der Waals surface area contributed by atoms with Crippen LogP contribution in [-0.4, -0.2) is 34.1 Å². The lowest BCUT2D eigenvalue weighted by molar-refractivity contribution is 0.0697. The van der Waals surface area contributed by atoms with Crippen LogP contribution in [0, 0.1) is 11.7 Å². The number of carbonyl (C=O) groups is 1. The number of benzene rings is 1. The van der Waals surface area contributed by atoms with E-state index in [9.17, 15) is 14.7 Å². The topological polar surface area (TPSA) is 97.3 Å². The van der Waals surface area contributed by atoms with E-state index in [2.05, 4.69) is 0 Å². The predicted octanol–water partition coefficient (Wildman–Crippen LogP) is 2.50. The molecule has 0 amide bonds. The fraction of sp³-hybridized carbons (Fsp3) is 0.238. The van der Waals surface area contributed by atoms with Crippen LogP contribution in [0.3, 0.4) is 0 Å².